The fourth-order valence-electron chi connectivity index (χ4n) is 11.0. The average molecular weight is 1650 g/mol. The van der Waals surface area contributed by atoms with Crippen LogP contribution in [0, 0.1) is 0 Å². The molecule has 15 heteroatoms. The summed E-state index contributed by atoms with van der Waals surface area (Å²) in [7, 11) is 0. The Morgan fingerprint density at radius 2 is 0.496 bits per heavy atom. The molecule has 0 aliphatic heterocycles. The van der Waals surface area contributed by atoms with E-state index in [2.05, 4.69) is 154 Å². The molecule has 119 heavy (non-hydrogen) atoms. The number of rotatable bonds is 33. The summed E-state index contributed by atoms with van der Waals surface area (Å²) in [5.41, 5.74) is 9.50. The number of hydrogen-bond donors (Lipinski definition) is 3. The minimum absolute atomic E-state index is 0.0556. The molecule has 8 aromatic carbocycles. The van der Waals surface area contributed by atoms with Gasteiger partial charge in [-0.05, 0) is 316 Å². The van der Waals surface area contributed by atoms with Gasteiger partial charge in [-0.25, -0.2) is 9.59 Å². The Kier molecular flexibility index (Phi) is 54.9. The van der Waals surface area contributed by atoms with E-state index in [-0.39, 0.29) is 31.4 Å². The summed E-state index contributed by atoms with van der Waals surface area (Å²) in [6, 6.07) is 62.6. The molecule has 15 nitrogen and oxygen atoms in total. The molecule has 0 heterocycles. The SMILES string of the molecule is CCC(C)c1ccc(O)cc1.CCC(C)c1ccc(O)cc1.CCC(C)c1ccc(O)cc1.CCC(C)c1ccc(OC(=O)OC(C)(C)C)cc1.CCC(C)c1ccc(OCC(=O)OC(C)(C)C)cc1.CCOC(C)Oc1ccc(C(C)CC)cc1.CCOC(C)Oc1ccc(C(C)CC)cc1.CCOC(CC)Oc1ccc(C(C)CC)cc1. The van der Waals surface area contributed by atoms with E-state index in [0.717, 1.165) is 75.0 Å². The van der Waals surface area contributed by atoms with Crippen molar-refractivity contribution >= 4 is 12.1 Å². The Labute approximate surface area is 720 Å². The van der Waals surface area contributed by atoms with Gasteiger partial charge in [0.25, 0.3) is 0 Å². The maximum atomic E-state index is 11.5. The molecule has 11 atom stereocenters. The molecule has 0 fully saturated rings. The molecule has 0 bridgehead atoms. The van der Waals surface area contributed by atoms with Gasteiger partial charge in [-0.2, -0.15) is 0 Å². The van der Waals surface area contributed by atoms with Crippen LogP contribution >= 0.6 is 0 Å². The quantitative estimate of drug-likeness (QED) is 0.0200. The number of ether oxygens (including phenoxy) is 10. The Morgan fingerprint density at radius 1 is 0.277 bits per heavy atom. The van der Waals surface area contributed by atoms with Crippen molar-refractivity contribution < 1.29 is 72.3 Å². The summed E-state index contributed by atoms with van der Waals surface area (Å²) in [5, 5.41) is 27.0. The molecule has 0 spiro atoms. The summed E-state index contributed by atoms with van der Waals surface area (Å²) in [6.45, 7) is 59.7. The van der Waals surface area contributed by atoms with Gasteiger partial charge < -0.3 is 62.7 Å². The van der Waals surface area contributed by atoms with Crippen LogP contribution in [0.25, 0.3) is 0 Å². The monoisotopic (exact) mass is 1650 g/mol. The van der Waals surface area contributed by atoms with E-state index in [0.29, 0.717) is 95.9 Å². The Hall–Kier alpha value is -9.02. The third-order valence-corrected chi connectivity index (χ3v) is 20.3. The molecular formula is C104H156O15. The largest absolute Gasteiger partial charge is 0.514 e. The highest BCUT2D eigenvalue weighted by Gasteiger charge is 2.20. The first-order chi connectivity index (χ1) is 56.4. The number of esters is 1. The van der Waals surface area contributed by atoms with Gasteiger partial charge in [0.2, 0.25) is 0 Å². The predicted octanol–water partition coefficient (Wildman–Crippen LogP) is 29.4. The maximum Gasteiger partial charge on any atom is 0.514 e. The van der Waals surface area contributed by atoms with Gasteiger partial charge in [0.15, 0.2) is 25.5 Å². The lowest BCUT2D eigenvalue weighted by Crippen LogP contribution is -2.27. The summed E-state index contributed by atoms with van der Waals surface area (Å²) < 4.78 is 53.8. The molecule has 0 radical (unpaired) electrons. The fourth-order valence-corrected chi connectivity index (χ4v) is 11.0. The Morgan fingerprint density at radius 3 is 0.714 bits per heavy atom. The second kappa shape index (κ2) is 60.5. The first kappa shape index (κ1) is 108. The molecule has 662 valence electrons. The highest BCUT2D eigenvalue weighted by molar-refractivity contribution is 5.71. The van der Waals surface area contributed by atoms with Gasteiger partial charge in [-0.1, -0.05) is 215 Å². The highest BCUT2D eigenvalue weighted by atomic mass is 16.7. The summed E-state index contributed by atoms with van der Waals surface area (Å²) in [6.07, 6.45) is 8.82. The molecule has 0 aliphatic rings. The van der Waals surface area contributed by atoms with Crippen molar-refractivity contribution in [3.63, 3.8) is 0 Å². The normalized spacial score (nSPS) is 13.5. The number of benzene rings is 8. The average Bonchev–Trinajstić information content (AvgIpc) is 0.885. The molecular weight excluding hydrogens is 1490 g/mol. The predicted molar refractivity (Wildman–Crippen MR) is 494 cm³/mol. The van der Waals surface area contributed by atoms with Crippen molar-refractivity contribution in [2.75, 3.05) is 26.4 Å². The van der Waals surface area contributed by atoms with Crippen molar-refractivity contribution in [3.05, 3.63) is 239 Å². The van der Waals surface area contributed by atoms with E-state index in [1.807, 2.05) is 165 Å². The van der Waals surface area contributed by atoms with E-state index in [4.69, 9.17) is 62.7 Å². The zero-order chi connectivity index (χ0) is 89.6. The van der Waals surface area contributed by atoms with Crippen LogP contribution in [0.1, 0.15) is 344 Å². The van der Waals surface area contributed by atoms with Crippen molar-refractivity contribution in [1.29, 1.82) is 0 Å². The van der Waals surface area contributed by atoms with Crippen LogP contribution in [0.2, 0.25) is 0 Å². The lowest BCUT2D eigenvalue weighted by Gasteiger charge is -2.19. The number of phenols is 3. The number of phenolic OH excluding ortho intramolecular Hbond substituents is 3. The maximum absolute atomic E-state index is 11.5. The molecule has 8 aromatic rings. The molecule has 0 saturated heterocycles. The van der Waals surface area contributed by atoms with Crippen LogP contribution in [0.15, 0.2) is 194 Å². The van der Waals surface area contributed by atoms with Crippen molar-refractivity contribution in [1.82, 2.24) is 0 Å². The second-order valence-electron chi connectivity index (χ2n) is 32.2. The third kappa shape index (κ3) is 48.1. The fraction of sp³-hybridized carbons (Fsp3) is 0.519. The zero-order valence-corrected chi connectivity index (χ0v) is 78.3. The van der Waals surface area contributed by atoms with Gasteiger partial charge in [0.1, 0.15) is 57.2 Å². The van der Waals surface area contributed by atoms with Crippen LogP contribution < -0.4 is 23.7 Å². The summed E-state index contributed by atoms with van der Waals surface area (Å²) in [5.74, 6) is 9.18. The highest BCUT2D eigenvalue weighted by Crippen LogP contribution is 2.30. The lowest BCUT2D eigenvalue weighted by atomic mass is 9.99. The van der Waals surface area contributed by atoms with Crippen molar-refractivity contribution in [2.45, 2.75) is 329 Å². The number of aromatic hydroxyl groups is 3. The zero-order valence-electron chi connectivity index (χ0n) is 78.3. The molecule has 0 aliphatic carbocycles. The van der Waals surface area contributed by atoms with E-state index in [9.17, 15) is 9.59 Å². The minimum atomic E-state index is -0.668. The van der Waals surface area contributed by atoms with Gasteiger partial charge in [0, 0.05) is 26.2 Å². The molecule has 11 unspecified atom stereocenters. The van der Waals surface area contributed by atoms with E-state index in [1.165, 1.54) is 44.5 Å². The number of hydrogen-bond acceptors (Lipinski definition) is 15. The first-order valence-electron chi connectivity index (χ1n) is 43.9. The lowest BCUT2D eigenvalue weighted by molar-refractivity contribution is -0.157. The summed E-state index contributed by atoms with van der Waals surface area (Å²) in [4.78, 5) is 23.0. The van der Waals surface area contributed by atoms with Crippen LogP contribution in [-0.4, -0.2) is 83.9 Å². The van der Waals surface area contributed by atoms with Crippen LogP contribution in [0.3, 0.4) is 0 Å². The standard InChI is InChI=1S/C16H24O3.C15H22O3.C15H24O2.2C14H22O2.3C10H14O/c1-6-12(2)13-7-9-14(10-8-13)18-11-15(17)19-16(3,4)5;1-6-11(2)12-7-9-13(10-8-12)17-14(16)18-15(3,4)5;1-5-12(4)13-8-10-14(11-9-13)17-15(6-2)16-7-3;2*1-5-11(3)13-7-9-14(10-8-13)16-12(4)15-6-2;3*1-3-8(2)9-4-6-10(11)7-5-9/h7-10,12H,6,11H2,1-5H3;7-11H,6H2,1-5H3;8-12,15H,5-7H2,1-4H3;2*7-12H,5-6H2,1-4H3;3*4-8,11H,3H2,1-2H3. The molecule has 3 N–H and O–H groups in total. The number of carbonyl (C=O) groups excluding carboxylic acids is 2. The third-order valence-electron chi connectivity index (χ3n) is 20.3. The van der Waals surface area contributed by atoms with E-state index in [1.54, 1.807) is 69.3 Å². The van der Waals surface area contributed by atoms with Gasteiger partial charge in [-0.15, -0.1) is 0 Å². The van der Waals surface area contributed by atoms with Crippen molar-refractivity contribution in [3.8, 4) is 46.0 Å². The molecule has 0 saturated carbocycles. The molecule has 8 rings (SSSR count). The first-order valence-corrected chi connectivity index (χ1v) is 43.9. The molecule has 0 amide bonds. The Balaban J connectivity index is 0.000000685. The van der Waals surface area contributed by atoms with Crippen LogP contribution in [0.5, 0.6) is 46.0 Å². The van der Waals surface area contributed by atoms with Crippen LogP contribution in [-0.2, 0) is 28.5 Å². The smallest absolute Gasteiger partial charge is 0.508 e. The van der Waals surface area contributed by atoms with Gasteiger partial charge in [-0.3, -0.25) is 0 Å². The van der Waals surface area contributed by atoms with Gasteiger partial charge in [0.05, 0.1) is 0 Å². The number of carbonyl (C=O) groups is 2. The second-order valence-corrected chi connectivity index (χ2v) is 32.2. The minimum Gasteiger partial charge on any atom is -0.508 e. The van der Waals surface area contributed by atoms with Crippen LogP contribution in [0.4, 0.5) is 4.79 Å². The van der Waals surface area contributed by atoms with E-state index >= 15 is 0 Å². The summed E-state index contributed by atoms with van der Waals surface area (Å²) >= 11 is 0. The molecule has 0 aromatic heterocycles. The van der Waals surface area contributed by atoms with Crippen molar-refractivity contribution in [2.24, 2.45) is 0 Å². The van der Waals surface area contributed by atoms with E-state index < -0.39 is 17.4 Å². The Bertz CT molecular complexity index is 3640. The van der Waals surface area contributed by atoms with Gasteiger partial charge >= 0.3 is 12.1 Å². The topological polar surface area (TPSA) is 187 Å².